The molecule has 0 N–H and O–H groups in total. The fraction of sp³-hybridized carbons (Fsp3) is 0.375. The number of aryl methyl sites for hydroxylation is 1. The zero-order valence-corrected chi connectivity index (χ0v) is 15.3. The van der Waals surface area contributed by atoms with E-state index >= 15 is 0 Å². The second-order valence-electron chi connectivity index (χ2n) is 5.68. The van der Waals surface area contributed by atoms with Gasteiger partial charge in [0.1, 0.15) is 0 Å². The molecule has 8 heteroatoms. The van der Waals surface area contributed by atoms with Gasteiger partial charge in [-0.05, 0) is 39.0 Å². The van der Waals surface area contributed by atoms with Crippen molar-refractivity contribution in [1.82, 2.24) is 24.5 Å². The molecule has 0 spiro atoms. The summed E-state index contributed by atoms with van der Waals surface area (Å²) in [5.41, 5.74) is 1.42. The van der Waals surface area contributed by atoms with Crippen LogP contribution < -0.4 is 5.56 Å². The molecule has 0 unspecified atom stereocenters. The third-order valence-corrected chi connectivity index (χ3v) is 4.83. The molecule has 2 aromatic heterocycles. The van der Waals surface area contributed by atoms with E-state index in [2.05, 4.69) is 15.3 Å². The largest absolute Gasteiger partial charge is 0.285 e. The molecule has 0 bridgehead atoms. The quantitative estimate of drug-likeness (QED) is 0.512. The number of aromatic nitrogens is 5. The van der Waals surface area contributed by atoms with Crippen molar-refractivity contribution in [2.45, 2.75) is 44.3 Å². The molecule has 0 atom stereocenters. The zero-order valence-electron chi connectivity index (χ0n) is 13.7. The Morgan fingerprint density at radius 3 is 2.79 bits per heavy atom. The monoisotopic (exact) mass is 363 g/mol. The van der Waals surface area contributed by atoms with Crippen LogP contribution in [-0.4, -0.2) is 24.5 Å². The summed E-state index contributed by atoms with van der Waals surface area (Å²) in [7, 11) is 0. The van der Waals surface area contributed by atoms with Crippen molar-refractivity contribution in [3.63, 3.8) is 0 Å². The van der Waals surface area contributed by atoms with E-state index in [1.165, 1.54) is 11.8 Å². The molecular weight excluding hydrogens is 346 g/mol. The maximum Gasteiger partial charge on any atom is 0.262 e. The first-order valence-corrected chi connectivity index (χ1v) is 9.09. The van der Waals surface area contributed by atoms with Crippen LogP contribution in [0.25, 0.3) is 10.9 Å². The third-order valence-electron chi connectivity index (χ3n) is 3.61. The van der Waals surface area contributed by atoms with Crippen LogP contribution in [0.15, 0.2) is 34.3 Å². The summed E-state index contributed by atoms with van der Waals surface area (Å²) in [5, 5.41) is 9.97. The summed E-state index contributed by atoms with van der Waals surface area (Å²) in [6, 6.07) is 5.18. The van der Waals surface area contributed by atoms with Gasteiger partial charge < -0.3 is 0 Å². The Labute approximate surface area is 148 Å². The fourth-order valence-corrected chi connectivity index (χ4v) is 3.58. The van der Waals surface area contributed by atoms with Crippen LogP contribution in [0.4, 0.5) is 0 Å². The van der Waals surface area contributed by atoms with Gasteiger partial charge in [0, 0.05) is 29.6 Å². The van der Waals surface area contributed by atoms with Gasteiger partial charge in [-0.25, -0.2) is 4.98 Å². The minimum atomic E-state index is -0.0496. The Morgan fingerprint density at radius 1 is 1.33 bits per heavy atom. The highest BCUT2D eigenvalue weighted by Crippen LogP contribution is 2.24. The second kappa shape index (κ2) is 6.94. The van der Waals surface area contributed by atoms with E-state index in [9.17, 15) is 4.79 Å². The van der Waals surface area contributed by atoms with E-state index in [4.69, 9.17) is 11.6 Å². The molecule has 0 aliphatic carbocycles. The molecule has 1 aromatic carbocycles. The molecule has 6 nitrogen and oxygen atoms in total. The number of hydrogen-bond acceptors (Lipinski definition) is 5. The Balaban J connectivity index is 2.01. The van der Waals surface area contributed by atoms with Crippen molar-refractivity contribution in [2.24, 2.45) is 0 Å². The zero-order chi connectivity index (χ0) is 17.3. The van der Waals surface area contributed by atoms with Crippen LogP contribution in [0.3, 0.4) is 0 Å². The van der Waals surface area contributed by atoms with E-state index in [0.717, 1.165) is 12.2 Å². The van der Waals surface area contributed by atoms with Crippen LogP contribution in [0.1, 0.15) is 32.5 Å². The average Bonchev–Trinajstić information content (AvgIpc) is 3.00. The molecular formula is C16H18ClN5OS. The molecule has 126 valence electrons. The molecule has 3 rings (SSSR count). The van der Waals surface area contributed by atoms with E-state index in [0.29, 0.717) is 26.8 Å². The van der Waals surface area contributed by atoms with E-state index < -0.39 is 0 Å². The lowest BCUT2D eigenvalue weighted by atomic mass is 10.2. The normalized spacial score (nSPS) is 11.5. The van der Waals surface area contributed by atoms with Crippen LogP contribution in [-0.2, 0) is 12.3 Å². The van der Waals surface area contributed by atoms with E-state index in [1.54, 1.807) is 27.4 Å². The SMILES string of the molecule is CCn1cc(CSc2nc3cc(Cl)ccc3c(=O)n2C(C)C)nn1. The second-order valence-corrected chi connectivity index (χ2v) is 7.06. The summed E-state index contributed by atoms with van der Waals surface area (Å²) >= 11 is 7.52. The van der Waals surface area contributed by atoms with Crippen molar-refractivity contribution >= 4 is 34.3 Å². The standard InChI is InChI=1S/C16H18ClN5OS/c1-4-21-8-12(19-20-21)9-24-16-18-14-7-11(17)5-6-13(14)15(23)22(16)10(2)3/h5-8,10H,4,9H2,1-3H3. The van der Waals surface area contributed by atoms with Gasteiger partial charge in [-0.3, -0.25) is 14.0 Å². The summed E-state index contributed by atoms with van der Waals surface area (Å²) in [6.45, 7) is 6.74. The van der Waals surface area contributed by atoms with Gasteiger partial charge >= 0.3 is 0 Å². The molecule has 0 fully saturated rings. The fourth-order valence-electron chi connectivity index (χ4n) is 2.41. The first kappa shape index (κ1) is 17.0. The maximum absolute atomic E-state index is 12.8. The highest BCUT2D eigenvalue weighted by Gasteiger charge is 2.15. The lowest BCUT2D eigenvalue weighted by Crippen LogP contribution is -2.25. The molecule has 2 heterocycles. The summed E-state index contributed by atoms with van der Waals surface area (Å²) < 4.78 is 3.49. The third kappa shape index (κ3) is 3.32. The van der Waals surface area contributed by atoms with Crippen molar-refractivity contribution < 1.29 is 0 Å². The molecule has 0 saturated heterocycles. The molecule has 0 aliphatic heterocycles. The summed E-state index contributed by atoms with van der Waals surface area (Å²) in [6.07, 6.45) is 1.91. The van der Waals surface area contributed by atoms with Crippen molar-refractivity contribution in [3.05, 3.63) is 45.5 Å². The topological polar surface area (TPSA) is 65.6 Å². The van der Waals surface area contributed by atoms with E-state index in [-0.39, 0.29) is 11.6 Å². The Bertz CT molecular complexity index is 934. The Hall–Kier alpha value is -1.86. The van der Waals surface area contributed by atoms with Gasteiger partial charge in [-0.1, -0.05) is 28.6 Å². The molecule has 3 aromatic rings. The minimum Gasteiger partial charge on any atom is -0.285 e. The summed E-state index contributed by atoms with van der Waals surface area (Å²) in [5.74, 6) is 0.602. The average molecular weight is 364 g/mol. The number of fused-ring (bicyclic) bond motifs is 1. The van der Waals surface area contributed by atoms with Gasteiger partial charge in [0.05, 0.1) is 16.6 Å². The molecule has 0 saturated carbocycles. The number of nitrogens with zero attached hydrogens (tertiary/aromatic N) is 5. The molecule has 0 radical (unpaired) electrons. The Morgan fingerprint density at radius 2 is 2.12 bits per heavy atom. The van der Waals surface area contributed by atoms with Crippen molar-refractivity contribution in [3.8, 4) is 0 Å². The smallest absolute Gasteiger partial charge is 0.262 e. The van der Waals surface area contributed by atoms with Crippen LogP contribution in [0, 0.1) is 0 Å². The number of thioether (sulfide) groups is 1. The molecule has 24 heavy (non-hydrogen) atoms. The molecule has 0 amide bonds. The lowest BCUT2D eigenvalue weighted by Gasteiger charge is -2.15. The van der Waals surface area contributed by atoms with Crippen molar-refractivity contribution in [1.29, 1.82) is 0 Å². The first-order valence-electron chi connectivity index (χ1n) is 7.73. The number of hydrogen-bond donors (Lipinski definition) is 0. The first-order chi connectivity index (χ1) is 11.5. The van der Waals surface area contributed by atoms with Crippen LogP contribution >= 0.6 is 23.4 Å². The van der Waals surface area contributed by atoms with Gasteiger partial charge in [0.2, 0.25) is 0 Å². The highest BCUT2D eigenvalue weighted by atomic mass is 35.5. The number of benzene rings is 1. The lowest BCUT2D eigenvalue weighted by molar-refractivity contribution is 0.519. The van der Waals surface area contributed by atoms with Gasteiger partial charge in [-0.15, -0.1) is 5.10 Å². The number of rotatable bonds is 5. The van der Waals surface area contributed by atoms with Gasteiger partial charge in [0.15, 0.2) is 5.16 Å². The van der Waals surface area contributed by atoms with Gasteiger partial charge in [-0.2, -0.15) is 0 Å². The highest BCUT2D eigenvalue weighted by molar-refractivity contribution is 7.98. The predicted molar refractivity (Wildman–Crippen MR) is 96.7 cm³/mol. The van der Waals surface area contributed by atoms with Crippen LogP contribution in [0.5, 0.6) is 0 Å². The predicted octanol–water partition coefficient (Wildman–Crippen LogP) is 3.53. The van der Waals surface area contributed by atoms with Crippen LogP contribution in [0.2, 0.25) is 5.02 Å². The van der Waals surface area contributed by atoms with Crippen molar-refractivity contribution in [2.75, 3.05) is 0 Å². The van der Waals surface area contributed by atoms with Gasteiger partial charge in [0.25, 0.3) is 5.56 Å². The Kier molecular flexibility index (Phi) is 4.91. The minimum absolute atomic E-state index is 0.0129. The molecule has 0 aliphatic rings. The summed E-state index contributed by atoms with van der Waals surface area (Å²) in [4.78, 5) is 17.4. The maximum atomic E-state index is 12.8. The number of halogens is 1. The van der Waals surface area contributed by atoms with E-state index in [1.807, 2.05) is 27.0 Å².